The van der Waals surface area contributed by atoms with Gasteiger partial charge < -0.3 is 10.3 Å². The molecule has 0 aromatic rings. The summed E-state index contributed by atoms with van der Waals surface area (Å²) < 4.78 is 0. The van der Waals surface area contributed by atoms with E-state index in [9.17, 15) is 5.21 Å². The Hall–Kier alpha value is -0.160. The smallest absolute Gasteiger partial charge is 0.0943 e. The van der Waals surface area contributed by atoms with Crippen LogP contribution in [0.4, 0.5) is 0 Å². The molecule has 1 atom stereocenters. The Balaban J connectivity index is 4.27. The fourth-order valence-electron chi connectivity index (χ4n) is 1.54. The maximum Gasteiger partial charge on any atom is 0.0943 e. The molecule has 1 unspecified atom stereocenters. The zero-order valence-electron chi connectivity index (χ0n) is 9.51. The molecule has 0 aromatic carbocycles. The molecule has 4 N–H and O–H groups in total. The van der Waals surface area contributed by atoms with E-state index in [2.05, 4.69) is 17.7 Å². The van der Waals surface area contributed by atoms with Gasteiger partial charge in [0.05, 0.1) is 12.3 Å². The van der Waals surface area contributed by atoms with E-state index in [1.165, 1.54) is 0 Å². The van der Waals surface area contributed by atoms with Crippen LogP contribution >= 0.6 is 0 Å². The molecule has 0 saturated carbocycles. The quantitative estimate of drug-likeness (QED) is 0.353. The Morgan fingerprint density at radius 3 is 2.36 bits per heavy atom. The van der Waals surface area contributed by atoms with Crippen molar-refractivity contribution in [3.63, 3.8) is 0 Å². The average Bonchev–Trinajstić information content (AvgIpc) is 2.18. The molecule has 0 aliphatic rings. The molecule has 0 aliphatic heterocycles. The normalized spacial score (nSPS) is 15.9. The summed E-state index contributed by atoms with van der Waals surface area (Å²) in [5, 5.41) is 21.1. The summed E-state index contributed by atoms with van der Waals surface area (Å²) in [6.45, 7) is 6.79. The van der Waals surface area contributed by atoms with Crippen LogP contribution in [-0.4, -0.2) is 29.1 Å². The van der Waals surface area contributed by atoms with E-state index in [-0.39, 0.29) is 12.5 Å². The van der Waals surface area contributed by atoms with Gasteiger partial charge in [0.15, 0.2) is 0 Å². The van der Waals surface area contributed by atoms with Gasteiger partial charge in [-0.15, -0.1) is 0 Å². The molecule has 0 amide bonds. The van der Waals surface area contributed by atoms with E-state index in [1.807, 2.05) is 13.8 Å². The molecule has 0 radical (unpaired) electrons. The third-order valence-electron chi connectivity index (χ3n) is 2.66. The third-order valence-corrected chi connectivity index (χ3v) is 2.66. The second-order valence-corrected chi connectivity index (χ2v) is 3.99. The molecular weight excluding hydrogens is 180 g/mol. The molecule has 0 rings (SSSR count). The largest absolute Gasteiger partial charge is 0.395 e. The van der Waals surface area contributed by atoms with Crippen LogP contribution in [-0.2, 0) is 0 Å². The topological polar surface area (TPSA) is 64.5 Å². The first-order chi connectivity index (χ1) is 6.63. The molecule has 0 heterocycles. The molecule has 86 valence electrons. The number of aliphatic hydroxyl groups excluding tert-OH is 1. The van der Waals surface area contributed by atoms with Crippen LogP contribution in [0.5, 0.6) is 0 Å². The summed E-state index contributed by atoms with van der Waals surface area (Å²) in [6.07, 6.45) is 3.00. The van der Waals surface area contributed by atoms with Crippen molar-refractivity contribution in [1.82, 2.24) is 10.8 Å². The van der Waals surface area contributed by atoms with Crippen LogP contribution in [0.2, 0.25) is 0 Å². The van der Waals surface area contributed by atoms with Gasteiger partial charge in [0.25, 0.3) is 0 Å². The maximum atomic E-state index is 9.21. The number of hydrogen-bond acceptors (Lipinski definition) is 4. The lowest BCUT2D eigenvalue weighted by Gasteiger charge is -2.37. The number of hydrogen-bond donors (Lipinski definition) is 4. The Morgan fingerprint density at radius 2 is 2.00 bits per heavy atom. The Kier molecular flexibility index (Phi) is 7.09. The average molecular weight is 204 g/mol. The Bertz CT molecular complexity index is 132. The van der Waals surface area contributed by atoms with Crippen LogP contribution in [0.25, 0.3) is 0 Å². The van der Waals surface area contributed by atoms with Crippen molar-refractivity contribution in [2.24, 2.45) is 5.92 Å². The number of nitrogens with one attached hydrogen (secondary N) is 2. The van der Waals surface area contributed by atoms with Crippen LogP contribution in [0.15, 0.2) is 0 Å². The van der Waals surface area contributed by atoms with Gasteiger partial charge >= 0.3 is 0 Å². The highest BCUT2D eigenvalue weighted by Crippen LogP contribution is 2.20. The van der Waals surface area contributed by atoms with Gasteiger partial charge in [-0.3, -0.25) is 5.32 Å². The van der Waals surface area contributed by atoms with Gasteiger partial charge in [-0.1, -0.05) is 33.6 Å². The van der Waals surface area contributed by atoms with E-state index in [0.717, 1.165) is 19.3 Å². The lowest BCUT2D eigenvalue weighted by Crippen LogP contribution is -2.60. The predicted octanol–water partition coefficient (Wildman–Crippen LogP) is 1.09. The summed E-state index contributed by atoms with van der Waals surface area (Å²) in [5.41, 5.74) is 1.90. The molecule has 0 bridgehead atoms. The number of hydroxylamine groups is 1. The Labute approximate surface area is 86.7 Å². The highest BCUT2D eigenvalue weighted by atomic mass is 16.5. The van der Waals surface area contributed by atoms with Crippen LogP contribution in [0.3, 0.4) is 0 Å². The molecule has 0 aliphatic carbocycles. The minimum Gasteiger partial charge on any atom is -0.395 e. The summed E-state index contributed by atoms with van der Waals surface area (Å²) in [5.74, 6) is 0.269. The van der Waals surface area contributed by atoms with Crippen molar-refractivity contribution >= 4 is 0 Å². The molecular formula is C10H24N2O2. The lowest BCUT2D eigenvalue weighted by molar-refractivity contribution is -0.00110. The number of rotatable bonds is 8. The van der Waals surface area contributed by atoms with Gasteiger partial charge in [0, 0.05) is 6.54 Å². The second kappa shape index (κ2) is 7.17. The minimum atomic E-state index is -0.460. The maximum absolute atomic E-state index is 9.21. The first kappa shape index (κ1) is 13.8. The van der Waals surface area contributed by atoms with Crippen LogP contribution in [0.1, 0.15) is 40.0 Å². The first-order valence-electron chi connectivity index (χ1n) is 5.40. The van der Waals surface area contributed by atoms with Crippen LogP contribution in [0, 0.1) is 5.92 Å². The summed E-state index contributed by atoms with van der Waals surface area (Å²) in [7, 11) is 0. The van der Waals surface area contributed by atoms with E-state index in [1.54, 1.807) is 0 Å². The summed E-state index contributed by atoms with van der Waals surface area (Å²) in [6, 6.07) is 0. The van der Waals surface area contributed by atoms with Crippen molar-refractivity contribution in [3.05, 3.63) is 0 Å². The fourth-order valence-corrected chi connectivity index (χ4v) is 1.54. The molecule has 0 spiro atoms. The van der Waals surface area contributed by atoms with Gasteiger partial charge in [-0.05, 0) is 12.3 Å². The fraction of sp³-hybridized carbons (Fsp3) is 1.00. The molecule has 0 saturated heterocycles. The number of aliphatic hydroxyl groups is 1. The van der Waals surface area contributed by atoms with E-state index in [0.29, 0.717) is 6.54 Å². The highest BCUT2D eigenvalue weighted by Gasteiger charge is 2.31. The van der Waals surface area contributed by atoms with Crippen molar-refractivity contribution < 1.29 is 10.3 Å². The van der Waals surface area contributed by atoms with Crippen molar-refractivity contribution in [3.8, 4) is 0 Å². The number of unbranched alkanes of at least 4 members (excludes halogenated alkanes) is 1. The zero-order valence-corrected chi connectivity index (χ0v) is 9.51. The van der Waals surface area contributed by atoms with E-state index in [4.69, 9.17) is 5.11 Å². The van der Waals surface area contributed by atoms with E-state index < -0.39 is 5.66 Å². The molecule has 4 heteroatoms. The SMILES string of the molecule is CCCCC(NO)(NCCO)C(C)C. The monoisotopic (exact) mass is 204 g/mol. The van der Waals surface area contributed by atoms with Crippen molar-refractivity contribution in [2.45, 2.75) is 45.7 Å². The van der Waals surface area contributed by atoms with Crippen molar-refractivity contribution in [2.75, 3.05) is 13.2 Å². The Morgan fingerprint density at radius 1 is 1.36 bits per heavy atom. The van der Waals surface area contributed by atoms with E-state index >= 15 is 0 Å². The minimum absolute atomic E-state index is 0.0856. The van der Waals surface area contributed by atoms with Gasteiger partial charge in [0.2, 0.25) is 0 Å². The third kappa shape index (κ3) is 3.92. The van der Waals surface area contributed by atoms with Gasteiger partial charge in [-0.2, -0.15) is 5.48 Å². The summed E-state index contributed by atoms with van der Waals surface area (Å²) in [4.78, 5) is 0. The summed E-state index contributed by atoms with van der Waals surface area (Å²) >= 11 is 0. The second-order valence-electron chi connectivity index (χ2n) is 3.99. The standard InChI is InChI=1S/C10H24N2O2/c1-4-5-6-10(12-14,9(2)3)11-7-8-13/h9,11-14H,4-8H2,1-3H3. The van der Waals surface area contributed by atoms with Crippen LogP contribution < -0.4 is 10.8 Å². The predicted molar refractivity (Wildman–Crippen MR) is 57.1 cm³/mol. The van der Waals surface area contributed by atoms with Gasteiger partial charge in [-0.25, -0.2) is 0 Å². The zero-order chi connectivity index (χ0) is 11.0. The lowest BCUT2D eigenvalue weighted by atomic mass is 9.91. The molecule has 4 nitrogen and oxygen atoms in total. The molecule has 0 aromatic heterocycles. The van der Waals surface area contributed by atoms with Crippen molar-refractivity contribution in [1.29, 1.82) is 0 Å². The van der Waals surface area contributed by atoms with Gasteiger partial charge in [0.1, 0.15) is 0 Å². The molecule has 0 fully saturated rings. The first-order valence-corrected chi connectivity index (χ1v) is 5.40. The highest BCUT2D eigenvalue weighted by molar-refractivity contribution is 4.85. The molecule has 14 heavy (non-hydrogen) atoms.